The predicted molar refractivity (Wildman–Crippen MR) is 106 cm³/mol. The molecule has 2 aromatic carbocycles. The molecule has 6 heteroatoms. The third kappa shape index (κ3) is 3.64. The second-order valence-electron chi connectivity index (χ2n) is 5.59. The molecule has 1 heterocycles. The van der Waals surface area contributed by atoms with Crippen LogP contribution < -0.4 is 9.47 Å². The van der Waals surface area contributed by atoms with E-state index >= 15 is 0 Å². The average Bonchev–Trinajstić information content (AvgIpc) is 2.92. The van der Waals surface area contributed by atoms with E-state index in [0.29, 0.717) is 23.8 Å². The highest BCUT2D eigenvalue weighted by molar-refractivity contribution is 8.26. The minimum Gasteiger partial charge on any atom is -0.493 e. The first kappa shape index (κ1) is 18.5. The molecule has 25 heavy (non-hydrogen) atoms. The van der Waals surface area contributed by atoms with Crippen LogP contribution in [0.3, 0.4) is 0 Å². The van der Waals surface area contributed by atoms with Gasteiger partial charge in [0.05, 0.1) is 18.3 Å². The van der Waals surface area contributed by atoms with Crippen LogP contribution in [0.25, 0.3) is 0 Å². The molecule has 0 radical (unpaired) electrons. The Bertz CT molecular complexity index is 781. The van der Waals surface area contributed by atoms with Crippen LogP contribution in [0, 0.1) is 0 Å². The first-order chi connectivity index (χ1) is 12.1. The van der Waals surface area contributed by atoms with Crippen LogP contribution in [0.5, 0.6) is 11.5 Å². The average molecular weight is 395 g/mol. The number of methoxy groups -OCH3 is 2. The van der Waals surface area contributed by atoms with Crippen LogP contribution in [0.1, 0.15) is 21.5 Å². The van der Waals surface area contributed by atoms with E-state index in [1.54, 1.807) is 26.0 Å². The van der Waals surface area contributed by atoms with Gasteiger partial charge in [0, 0.05) is 23.6 Å². The summed E-state index contributed by atoms with van der Waals surface area (Å²) in [5, 5.41) is 0.123. The molecule has 0 saturated heterocycles. The summed E-state index contributed by atoms with van der Waals surface area (Å²) < 4.78 is 10.4. The number of carbonyl (C=O) groups is 1. The molecule has 3 nitrogen and oxygen atoms in total. The zero-order valence-electron chi connectivity index (χ0n) is 14.1. The van der Waals surface area contributed by atoms with E-state index in [9.17, 15) is 4.79 Å². The van der Waals surface area contributed by atoms with Crippen molar-refractivity contribution in [3.8, 4) is 11.5 Å². The minimum atomic E-state index is -0.359. The summed E-state index contributed by atoms with van der Waals surface area (Å²) in [6, 6.07) is 13.8. The third-order valence-corrected chi connectivity index (χ3v) is 7.47. The fraction of sp³-hybridized carbons (Fsp3) is 0.316. The maximum atomic E-state index is 12.5. The lowest BCUT2D eigenvalue weighted by Crippen LogP contribution is -2.19. The number of carbonyl (C=O) groups excluding carboxylic acids is 1. The van der Waals surface area contributed by atoms with Gasteiger partial charge in [0.15, 0.2) is 11.5 Å². The Morgan fingerprint density at radius 2 is 1.88 bits per heavy atom. The van der Waals surface area contributed by atoms with Crippen molar-refractivity contribution < 1.29 is 14.3 Å². The molecule has 0 N–H and O–H groups in total. The molecule has 0 spiro atoms. The molecule has 2 aromatic rings. The Labute approximate surface area is 161 Å². The number of hydrogen-bond acceptors (Lipinski definition) is 5. The third-order valence-electron chi connectivity index (χ3n) is 4.11. The summed E-state index contributed by atoms with van der Waals surface area (Å²) in [6.45, 7) is 0. The van der Waals surface area contributed by atoms with Gasteiger partial charge in [-0.1, -0.05) is 42.1 Å². The highest BCUT2D eigenvalue weighted by Crippen LogP contribution is 2.56. The highest BCUT2D eigenvalue weighted by atomic mass is 35.5. The van der Waals surface area contributed by atoms with Crippen molar-refractivity contribution in [2.75, 3.05) is 25.9 Å². The monoisotopic (exact) mass is 394 g/mol. The second-order valence-corrected chi connectivity index (χ2v) is 8.89. The van der Waals surface area contributed by atoms with E-state index in [2.05, 4.69) is 6.07 Å². The summed E-state index contributed by atoms with van der Waals surface area (Å²) in [5.74, 6) is 2.73. The molecule has 1 aliphatic heterocycles. The lowest BCUT2D eigenvalue weighted by Gasteiger charge is -2.28. The fourth-order valence-corrected chi connectivity index (χ4v) is 6.07. The van der Waals surface area contributed by atoms with E-state index in [1.165, 1.54) is 11.8 Å². The van der Waals surface area contributed by atoms with E-state index in [-0.39, 0.29) is 9.19 Å². The molecular weight excluding hydrogens is 376 g/mol. The van der Waals surface area contributed by atoms with E-state index in [0.717, 1.165) is 22.4 Å². The molecule has 3 rings (SSSR count). The van der Waals surface area contributed by atoms with Crippen LogP contribution in [0.15, 0.2) is 42.5 Å². The molecule has 0 fully saturated rings. The first-order valence-electron chi connectivity index (χ1n) is 7.87. The van der Waals surface area contributed by atoms with Crippen molar-refractivity contribution in [3.05, 3.63) is 59.2 Å². The van der Waals surface area contributed by atoms with Crippen LogP contribution in [-0.2, 0) is 10.5 Å². The predicted octanol–water partition coefficient (Wildman–Crippen LogP) is 4.96. The number of fused-ring (bicyclic) bond motifs is 1. The van der Waals surface area contributed by atoms with Gasteiger partial charge >= 0.3 is 0 Å². The molecule has 1 unspecified atom stereocenters. The van der Waals surface area contributed by atoms with Crippen molar-refractivity contribution in [1.29, 1.82) is 0 Å². The standard InChI is InChI=1S/C19H19ClO3S2/c1-22-16-8-7-13(11-17(16)23-2)12-19(24-10-9-20)15-6-4-3-5-14(15)18(21)25-19/h3-8,11H,9-10,12H2,1-2H3. The van der Waals surface area contributed by atoms with Gasteiger partial charge in [-0.15, -0.1) is 23.4 Å². The fourth-order valence-electron chi connectivity index (χ4n) is 3.01. The van der Waals surface area contributed by atoms with Gasteiger partial charge in [0.25, 0.3) is 0 Å². The number of hydrogen-bond donors (Lipinski definition) is 0. The molecule has 0 aromatic heterocycles. The van der Waals surface area contributed by atoms with Crippen LogP contribution in [-0.4, -0.2) is 31.0 Å². The van der Waals surface area contributed by atoms with Crippen molar-refractivity contribution in [2.45, 2.75) is 10.5 Å². The Balaban J connectivity index is 2.00. The zero-order valence-corrected chi connectivity index (χ0v) is 16.5. The summed E-state index contributed by atoms with van der Waals surface area (Å²) in [7, 11) is 3.25. The zero-order chi connectivity index (χ0) is 17.9. The number of halogens is 1. The van der Waals surface area contributed by atoms with Gasteiger partial charge in [0.1, 0.15) is 0 Å². The molecule has 0 saturated carbocycles. The number of thioether (sulfide) groups is 2. The summed E-state index contributed by atoms with van der Waals surface area (Å²) >= 11 is 9.07. The second kappa shape index (κ2) is 7.94. The summed E-state index contributed by atoms with van der Waals surface area (Å²) in [6.07, 6.45) is 0.711. The number of benzene rings is 2. The Morgan fingerprint density at radius 1 is 1.12 bits per heavy atom. The molecule has 1 atom stereocenters. The minimum absolute atomic E-state index is 0.123. The molecule has 0 bridgehead atoms. The van der Waals surface area contributed by atoms with Crippen molar-refractivity contribution >= 4 is 40.2 Å². The van der Waals surface area contributed by atoms with E-state index < -0.39 is 0 Å². The SMILES string of the molecule is COc1ccc(CC2(SCCCl)SC(=O)c3ccccc32)cc1OC. The van der Waals surface area contributed by atoms with Gasteiger partial charge in [-0.3, -0.25) is 4.79 Å². The van der Waals surface area contributed by atoms with Crippen LogP contribution >= 0.6 is 35.1 Å². The normalized spacial score (nSPS) is 18.9. The smallest absolute Gasteiger partial charge is 0.221 e. The van der Waals surface area contributed by atoms with Gasteiger partial charge in [-0.2, -0.15) is 0 Å². The summed E-state index contributed by atoms with van der Waals surface area (Å²) in [5.41, 5.74) is 2.97. The Morgan fingerprint density at radius 3 is 2.60 bits per heavy atom. The van der Waals surface area contributed by atoms with Crippen LogP contribution in [0.4, 0.5) is 0 Å². The highest BCUT2D eigenvalue weighted by Gasteiger charge is 2.44. The largest absolute Gasteiger partial charge is 0.493 e. The quantitative estimate of drug-likeness (QED) is 0.620. The van der Waals surface area contributed by atoms with Gasteiger partial charge in [-0.05, 0) is 23.3 Å². The Kier molecular flexibility index (Phi) is 5.87. The lowest BCUT2D eigenvalue weighted by atomic mass is 9.99. The molecular formula is C19H19ClO3S2. The van der Waals surface area contributed by atoms with E-state index in [1.807, 2.05) is 36.4 Å². The number of rotatable bonds is 7. The van der Waals surface area contributed by atoms with Crippen LogP contribution in [0.2, 0.25) is 0 Å². The summed E-state index contributed by atoms with van der Waals surface area (Å²) in [4.78, 5) is 12.5. The molecule has 132 valence electrons. The maximum Gasteiger partial charge on any atom is 0.221 e. The van der Waals surface area contributed by atoms with Gasteiger partial charge < -0.3 is 9.47 Å². The first-order valence-corrected chi connectivity index (χ1v) is 10.2. The molecule has 0 amide bonds. The van der Waals surface area contributed by atoms with Crippen molar-refractivity contribution in [3.63, 3.8) is 0 Å². The van der Waals surface area contributed by atoms with Gasteiger partial charge in [-0.25, -0.2) is 0 Å². The van der Waals surface area contributed by atoms with Gasteiger partial charge in [0.2, 0.25) is 5.12 Å². The number of ether oxygens (including phenoxy) is 2. The molecule has 1 aliphatic rings. The maximum absolute atomic E-state index is 12.5. The van der Waals surface area contributed by atoms with E-state index in [4.69, 9.17) is 21.1 Å². The van der Waals surface area contributed by atoms with Crippen molar-refractivity contribution in [1.82, 2.24) is 0 Å². The molecule has 0 aliphatic carbocycles. The topological polar surface area (TPSA) is 35.5 Å². The van der Waals surface area contributed by atoms with Crippen molar-refractivity contribution in [2.24, 2.45) is 0 Å². The number of alkyl halides is 1. The lowest BCUT2D eigenvalue weighted by molar-refractivity contribution is 0.109. The Hall–Kier alpha value is -1.30.